The lowest BCUT2D eigenvalue weighted by atomic mass is 9.93. The molecule has 19 heavy (non-hydrogen) atoms. The molecule has 0 bridgehead atoms. The molecule has 0 radical (unpaired) electrons. The van der Waals surface area contributed by atoms with Crippen LogP contribution in [0.2, 0.25) is 0 Å². The van der Waals surface area contributed by atoms with E-state index in [1.54, 1.807) is 12.1 Å². The van der Waals surface area contributed by atoms with Crippen molar-refractivity contribution in [3.8, 4) is 0 Å². The lowest BCUT2D eigenvalue weighted by Gasteiger charge is -2.21. The largest absolute Gasteiger partial charge is 0.478 e. The summed E-state index contributed by atoms with van der Waals surface area (Å²) in [4.78, 5) is 18.0. The molecule has 2 rings (SSSR count). The summed E-state index contributed by atoms with van der Waals surface area (Å²) in [6.45, 7) is 8.44. The van der Waals surface area contributed by atoms with E-state index in [-0.39, 0.29) is 5.41 Å². The molecule has 0 amide bonds. The highest BCUT2D eigenvalue weighted by atomic mass is 16.4. The van der Waals surface area contributed by atoms with Gasteiger partial charge >= 0.3 is 5.97 Å². The van der Waals surface area contributed by atoms with E-state index in [2.05, 4.69) is 30.7 Å². The minimum atomic E-state index is -0.875. The number of pyridine rings is 1. The van der Waals surface area contributed by atoms with Crippen LogP contribution in [0.3, 0.4) is 0 Å². The Morgan fingerprint density at radius 3 is 2.74 bits per heavy atom. The van der Waals surface area contributed by atoms with Gasteiger partial charge in [0.2, 0.25) is 0 Å². The average Bonchev–Trinajstić information content (AvgIpc) is 2.70. The van der Waals surface area contributed by atoms with Crippen molar-refractivity contribution in [1.29, 1.82) is 0 Å². The molecule has 0 aromatic carbocycles. The molecule has 0 atom stereocenters. The Morgan fingerprint density at radius 1 is 1.47 bits per heavy atom. The zero-order valence-corrected chi connectivity index (χ0v) is 11.9. The number of aryl methyl sites for hydroxylation is 1. The summed E-state index contributed by atoms with van der Waals surface area (Å²) in [5.41, 5.74) is 1.51. The third kappa shape index (κ3) is 3.25. The standard InChI is InChI=1S/C15H22N2O2/c1-4-5-12-8-11(14(18)19)9-13(16-12)17-7-6-15(2,3)10-17/h8-9H,4-7,10H2,1-3H3,(H,18,19). The molecular formula is C15H22N2O2. The number of nitrogens with zero attached hydrogens (tertiary/aromatic N) is 2. The van der Waals surface area contributed by atoms with Crippen LogP contribution in [0.5, 0.6) is 0 Å². The first-order chi connectivity index (χ1) is 8.91. The monoisotopic (exact) mass is 262 g/mol. The second-order valence-electron chi connectivity index (χ2n) is 6.10. The van der Waals surface area contributed by atoms with Crippen LogP contribution in [-0.2, 0) is 6.42 Å². The van der Waals surface area contributed by atoms with E-state index in [9.17, 15) is 9.90 Å². The Bertz CT molecular complexity index is 483. The fourth-order valence-corrected chi connectivity index (χ4v) is 2.55. The van der Waals surface area contributed by atoms with Crippen LogP contribution < -0.4 is 4.90 Å². The summed E-state index contributed by atoms with van der Waals surface area (Å²) in [6.07, 6.45) is 2.92. The first kappa shape index (κ1) is 13.8. The van der Waals surface area contributed by atoms with E-state index in [4.69, 9.17) is 0 Å². The zero-order valence-electron chi connectivity index (χ0n) is 11.9. The molecule has 1 saturated heterocycles. The lowest BCUT2D eigenvalue weighted by Crippen LogP contribution is -2.24. The number of carboxylic acids is 1. The number of carboxylic acid groups (broad SMARTS) is 1. The third-order valence-electron chi connectivity index (χ3n) is 3.62. The summed E-state index contributed by atoms with van der Waals surface area (Å²) in [5, 5.41) is 9.20. The number of aromatic carboxylic acids is 1. The molecule has 1 aliphatic rings. The molecule has 1 N–H and O–H groups in total. The predicted molar refractivity (Wildman–Crippen MR) is 75.8 cm³/mol. The Hall–Kier alpha value is -1.58. The van der Waals surface area contributed by atoms with E-state index in [1.165, 1.54) is 0 Å². The molecule has 4 heteroatoms. The van der Waals surface area contributed by atoms with Gasteiger partial charge in [-0.2, -0.15) is 0 Å². The summed E-state index contributed by atoms with van der Waals surface area (Å²) in [7, 11) is 0. The minimum absolute atomic E-state index is 0.284. The first-order valence-electron chi connectivity index (χ1n) is 6.90. The summed E-state index contributed by atoms with van der Waals surface area (Å²) >= 11 is 0. The smallest absolute Gasteiger partial charge is 0.335 e. The minimum Gasteiger partial charge on any atom is -0.478 e. The van der Waals surface area contributed by atoms with Crippen LogP contribution >= 0.6 is 0 Å². The fourth-order valence-electron chi connectivity index (χ4n) is 2.55. The van der Waals surface area contributed by atoms with Crippen molar-refractivity contribution in [2.75, 3.05) is 18.0 Å². The van der Waals surface area contributed by atoms with Gasteiger partial charge in [0.1, 0.15) is 5.82 Å². The van der Waals surface area contributed by atoms with Gasteiger partial charge in [-0.1, -0.05) is 27.2 Å². The third-order valence-corrected chi connectivity index (χ3v) is 3.62. The molecular weight excluding hydrogens is 240 g/mol. The molecule has 1 aliphatic heterocycles. The number of anilines is 1. The topological polar surface area (TPSA) is 53.4 Å². The van der Waals surface area contributed by atoms with Gasteiger partial charge in [0.15, 0.2) is 0 Å². The number of hydrogen-bond acceptors (Lipinski definition) is 3. The van der Waals surface area contributed by atoms with Crippen LogP contribution in [-0.4, -0.2) is 29.1 Å². The van der Waals surface area contributed by atoms with Crippen molar-refractivity contribution in [1.82, 2.24) is 4.98 Å². The van der Waals surface area contributed by atoms with Gasteiger partial charge in [0, 0.05) is 18.8 Å². The highest BCUT2D eigenvalue weighted by molar-refractivity contribution is 5.88. The van der Waals surface area contributed by atoms with Crippen molar-refractivity contribution in [2.24, 2.45) is 5.41 Å². The van der Waals surface area contributed by atoms with Crippen molar-refractivity contribution < 1.29 is 9.90 Å². The number of carbonyl (C=O) groups is 1. The molecule has 0 aliphatic carbocycles. The van der Waals surface area contributed by atoms with Crippen molar-refractivity contribution in [3.05, 3.63) is 23.4 Å². The summed E-state index contributed by atoms with van der Waals surface area (Å²) < 4.78 is 0. The Labute approximate surface area is 114 Å². The van der Waals surface area contributed by atoms with Gasteiger partial charge in [-0.05, 0) is 30.4 Å². The van der Waals surface area contributed by atoms with E-state index < -0.39 is 5.97 Å². The first-order valence-corrected chi connectivity index (χ1v) is 6.90. The SMILES string of the molecule is CCCc1cc(C(=O)O)cc(N2CCC(C)(C)C2)n1. The van der Waals surface area contributed by atoms with Gasteiger partial charge in [-0.15, -0.1) is 0 Å². The van der Waals surface area contributed by atoms with Gasteiger partial charge in [0.05, 0.1) is 5.56 Å². The quantitative estimate of drug-likeness (QED) is 0.906. The van der Waals surface area contributed by atoms with E-state index in [1.807, 2.05) is 0 Å². The average molecular weight is 262 g/mol. The maximum atomic E-state index is 11.2. The molecule has 2 heterocycles. The molecule has 104 valence electrons. The number of hydrogen-bond donors (Lipinski definition) is 1. The highest BCUT2D eigenvalue weighted by Gasteiger charge is 2.30. The lowest BCUT2D eigenvalue weighted by molar-refractivity contribution is 0.0696. The molecule has 4 nitrogen and oxygen atoms in total. The van der Waals surface area contributed by atoms with E-state index >= 15 is 0 Å². The van der Waals surface area contributed by atoms with E-state index in [0.717, 1.165) is 43.9 Å². The van der Waals surface area contributed by atoms with Crippen LogP contribution in [0, 0.1) is 5.41 Å². The Morgan fingerprint density at radius 2 is 2.21 bits per heavy atom. The Balaban J connectivity index is 2.31. The Kier molecular flexibility index (Phi) is 3.78. The van der Waals surface area contributed by atoms with Crippen molar-refractivity contribution in [2.45, 2.75) is 40.0 Å². The molecule has 0 spiro atoms. The second kappa shape index (κ2) is 5.19. The van der Waals surface area contributed by atoms with Crippen LogP contribution in [0.4, 0.5) is 5.82 Å². The van der Waals surface area contributed by atoms with Crippen molar-refractivity contribution in [3.63, 3.8) is 0 Å². The normalized spacial score (nSPS) is 17.7. The predicted octanol–water partition coefficient (Wildman–Crippen LogP) is 2.97. The van der Waals surface area contributed by atoms with Crippen LogP contribution in [0.25, 0.3) is 0 Å². The zero-order chi connectivity index (χ0) is 14.0. The van der Waals surface area contributed by atoms with E-state index in [0.29, 0.717) is 5.56 Å². The van der Waals surface area contributed by atoms with Gasteiger partial charge < -0.3 is 10.0 Å². The summed E-state index contributed by atoms with van der Waals surface area (Å²) in [6, 6.07) is 3.39. The van der Waals surface area contributed by atoms with Gasteiger partial charge in [-0.25, -0.2) is 9.78 Å². The van der Waals surface area contributed by atoms with Crippen LogP contribution in [0.15, 0.2) is 12.1 Å². The second-order valence-corrected chi connectivity index (χ2v) is 6.10. The van der Waals surface area contributed by atoms with Gasteiger partial charge in [0.25, 0.3) is 0 Å². The maximum Gasteiger partial charge on any atom is 0.335 e. The molecule has 0 saturated carbocycles. The highest BCUT2D eigenvalue weighted by Crippen LogP contribution is 2.32. The number of aromatic nitrogens is 1. The molecule has 1 aromatic rings. The van der Waals surface area contributed by atoms with Crippen molar-refractivity contribution >= 4 is 11.8 Å². The molecule has 1 aromatic heterocycles. The summed E-state index contributed by atoms with van der Waals surface area (Å²) in [5.74, 6) is -0.0617. The fraction of sp³-hybridized carbons (Fsp3) is 0.600. The molecule has 1 fully saturated rings. The number of rotatable bonds is 4. The molecule has 0 unspecified atom stereocenters. The maximum absolute atomic E-state index is 11.2. The van der Waals surface area contributed by atoms with Crippen LogP contribution in [0.1, 0.15) is 49.7 Å². The van der Waals surface area contributed by atoms with Gasteiger partial charge in [-0.3, -0.25) is 0 Å².